The predicted octanol–water partition coefficient (Wildman–Crippen LogP) is 2.87. The van der Waals surface area contributed by atoms with Crippen molar-refractivity contribution >= 4 is 17.5 Å². The first-order valence-electron chi connectivity index (χ1n) is 8.14. The van der Waals surface area contributed by atoms with Crippen molar-refractivity contribution in [3.8, 4) is 0 Å². The van der Waals surface area contributed by atoms with Crippen molar-refractivity contribution in [1.82, 2.24) is 10.2 Å². The molecular formula is C18H20F3N3O3. The summed E-state index contributed by atoms with van der Waals surface area (Å²) in [6, 6.07) is 7.07. The fraction of sp³-hybridized carbons (Fsp3) is 0.333. The van der Waals surface area contributed by atoms with Crippen LogP contribution in [0.25, 0.3) is 0 Å². The Morgan fingerprint density at radius 2 is 1.96 bits per heavy atom. The normalized spacial score (nSPS) is 12.7. The fourth-order valence-corrected chi connectivity index (χ4v) is 2.24. The number of rotatable bonds is 7. The Morgan fingerprint density at radius 1 is 1.22 bits per heavy atom. The van der Waals surface area contributed by atoms with Crippen molar-refractivity contribution in [2.24, 2.45) is 0 Å². The van der Waals surface area contributed by atoms with E-state index in [1.54, 1.807) is 26.1 Å². The summed E-state index contributed by atoms with van der Waals surface area (Å²) in [5, 5.41) is 5.09. The summed E-state index contributed by atoms with van der Waals surface area (Å²) < 4.78 is 43.3. The van der Waals surface area contributed by atoms with E-state index in [9.17, 15) is 22.8 Å². The molecule has 0 aliphatic rings. The number of hydrogen-bond donors (Lipinski definition) is 2. The van der Waals surface area contributed by atoms with Crippen LogP contribution in [0.5, 0.6) is 0 Å². The number of nitrogens with one attached hydrogen (secondary N) is 2. The number of hydrogen-bond acceptors (Lipinski definition) is 4. The van der Waals surface area contributed by atoms with Crippen molar-refractivity contribution in [1.29, 1.82) is 0 Å². The van der Waals surface area contributed by atoms with Gasteiger partial charge in [0.15, 0.2) is 0 Å². The highest BCUT2D eigenvalue weighted by Crippen LogP contribution is 2.30. The Morgan fingerprint density at radius 3 is 2.59 bits per heavy atom. The molecule has 0 aliphatic carbocycles. The molecule has 0 aliphatic heterocycles. The molecule has 2 N–H and O–H groups in total. The second kappa shape index (κ2) is 8.72. The van der Waals surface area contributed by atoms with Gasteiger partial charge in [-0.3, -0.25) is 14.5 Å². The number of benzene rings is 1. The van der Waals surface area contributed by atoms with Crippen LogP contribution in [0.4, 0.5) is 18.9 Å². The van der Waals surface area contributed by atoms with Gasteiger partial charge in [-0.1, -0.05) is 6.07 Å². The van der Waals surface area contributed by atoms with Gasteiger partial charge in [0.1, 0.15) is 5.76 Å². The average Bonchev–Trinajstić information content (AvgIpc) is 3.12. The van der Waals surface area contributed by atoms with E-state index in [1.165, 1.54) is 23.3 Å². The van der Waals surface area contributed by atoms with Crippen LogP contribution in [-0.2, 0) is 22.3 Å². The molecule has 2 rings (SSSR count). The zero-order valence-corrected chi connectivity index (χ0v) is 14.8. The minimum absolute atomic E-state index is 0.0392. The lowest BCUT2D eigenvalue weighted by Gasteiger charge is -2.23. The van der Waals surface area contributed by atoms with Crippen LogP contribution in [0.2, 0.25) is 0 Å². The molecule has 27 heavy (non-hydrogen) atoms. The van der Waals surface area contributed by atoms with Crippen LogP contribution < -0.4 is 10.6 Å². The molecule has 9 heteroatoms. The van der Waals surface area contributed by atoms with Crippen molar-refractivity contribution in [2.75, 3.05) is 18.9 Å². The van der Waals surface area contributed by atoms with E-state index in [2.05, 4.69) is 10.6 Å². The van der Waals surface area contributed by atoms with Crippen molar-refractivity contribution in [3.05, 3.63) is 54.0 Å². The Bertz CT molecular complexity index is 776. The molecule has 0 saturated carbocycles. The Kier molecular flexibility index (Phi) is 6.62. The third-order valence-corrected chi connectivity index (χ3v) is 3.93. The lowest BCUT2D eigenvalue weighted by atomic mass is 10.2. The molecule has 0 fully saturated rings. The summed E-state index contributed by atoms with van der Waals surface area (Å²) in [6.45, 7) is 1.73. The molecule has 1 heterocycles. The third kappa shape index (κ3) is 6.14. The molecule has 1 aromatic heterocycles. The number of anilines is 1. The number of halogens is 3. The molecule has 0 saturated heterocycles. The van der Waals surface area contributed by atoms with E-state index < -0.39 is 23.7 Å². The predicted molar refractivity (Wildman–Crippen MR) is 92.7 cm³/mol. The van der Waals surface area contributed by atoms with Crippen LogP contribution in [0, 0.1) is 0 Å². The van der Waals surface area contributed by atoms with E-state index in [0.29, 0.717) is 5.76 Å². The smallest absolute Gasteiger partial charge is 0.416 e. The van der Waals surface area contributed by atoms with Crippen molar-refractivity contribution in [3.63, 3.8) is 0 Å². The summed E-state index contributed by atoms with van der Waals surface area (Å²) in [5.74, 6) is -0.232. The molecule has 2 aromatic rings. The van der Waals surface area contributed by atoms with Crippen LogP contribution >= 0.6 is 0 Å². The maximum Gasteiger partial charge on any atom is 0.416 e. The maximum absolute atomic E-state index is 12.7. The molecule has 1 unspecified atom stereocenters. The molecule has 0 radical (unpaired) electrons. The van der Waals surface area contributed by atoms with Gasteiger partial charge in [0.05, 0.1) is 31.0 Å². The van der Waals surface area contributed by atoms with Crippen molar-refractivity contribution in [2.45, 2.75) is 25.7 Å². The Balaban J connectivity index is 1.87. The average molecular weight is 383 g/mol. The van der Waals surface area contributed by atoms with Gasteiger partial charge in [0.25, 0.3) is 0 Å². The quantitative estimate of drug-likeness (QED) is 0.771. The number of carbonyl (C=O) groups is 2. The first-order chi connectivity index (χ1) is 12.7. The van der Waals surface area contributed by atoms with E-state index >= 15 is 0 Å². The molecule has 1 atom stereocenters. The summed E-state index contributed by atoms with van der Waals surface area (Å²) >= 11 is 0. The van der Waals surface area contributed by atoms with Gasteiger partial charge in [-0.15, -0.1) is 0 Å². The van der Waals surface area contributed by atoms with Gasteiger partial charge in [-0.05, 0) is 44.3 Å². The number of amides is 2. The summed E-state index contributed by atoms with van der Waals surface area (Å²) in [7, 11) is 1.57. The second-order valence-corrected chi connectivity index (χ2v) is 6.01. The highest BCUT2D eigenvalue weighted by atomic mass is 19.4. The molecule has 1 aromatic carbocycles. The number of alkyl halides is 3. The van der Waals surface area contributed by atoms with Crippen LogP contribution in [-0.4, -0.2) is 36.3 Å². The minimum atomic E-state index is -4.49. The van der Waals surface area contributed by atoms with Gasteiger partial charge in [-0.2, -0.15) is 13.2 Å². The number of furan rings is 1. The van der Waals surface area contributed by atoms with E-state index in [-0.39, 0.29) is 24.7 Å². The molecule has 6 nitrogen and oxygen atoms in total. The zero-order chi connectivity index (χ0) is 20.0. The largest absolute Gasteiger partial charge is 0.467 e. The fourth-order valence-electron chi connectivity index (χ4n) is 2.24. The molecule has 0 bridgehead atoms. The van der Waals surface area contributed by atoms with Crippen LogP contribution in [0.15, 0.2) is 47.1 Å². The minimum Gasteiger partial charge on any atom is -0.467 e. The van der Waals surface area contributed by atoms with Gasteiger partial charge in [-0.25, -0.2) is 0 Å². The summed E-state index contributed by atoms with van der Waals surface area (Å²) in [6.07, 6.45) is -3.00. The van der Waals surface area contributed by atoms with Crippen molar-refractivity contribution < 1.29 is 27.2 Å². The lowest BCUT2D eigenvalue weighted by molar-refractivity contribution is -0.137. The first-order valence-corrected chi connectivity index (χ1v) is 8.14. The van der Waals surface area contributed by atoms with E-state index in [4.69, 9.17) is 4.42 Å². The van der Waals surface area contributed by atoms with Crippen LogP contribution in [0.3, 0.4) is 0 Å². The maximum atomic E-state index is 12.7. The third-order valence-electron chi connectivity index (χ3n) is 3.93. The van der Waals surface area contributed by atoms with E-state index in [0.717, 1.165) is 12.1 Å². The lowest BCUT2D eigenvalue weighted by Crippen LogP contribution is -2.44. The Hall–Kier alpha value is -2.81. The summed E-state index contributed by atoms with van der Waals surface area (Å²) in [5.41, 5.74) is -0.809. The van der Waals surface area contributed by atoms with Gasteiger partial charge < -0.3 is 15.1 Å². The zero-order valence-electron chi connectivity index (χ0n) is 14.8. The number of likely N-dealkylation sites (N-methyl/N-ethyl adjacent to an activating group) is 1. The molecule has 146 valence electrons. The SMILES string of the molecule is CC(C(=O)Nc1cccc(C(F)(F)F)c1)N(C)CC(=O)NCc1ccco1. The molecular weight excluding hydrogens is 363 g/mol. The number of carbonyl (C=O) groups excluding carboxylic acids is 2. The summed E-state index contributed by atoms with van der Waals surface area (Å²) in [4.78, 5) is 25.7. The highest BCUT2D eigenvalue weighted by molar-refractivity contribution is 5.95. The van der Waals surface area contributed by atoms with Gasteiger partial charge >= 0.3 is 6.18 Å². The topological polar surface area (TPSA) is 74.6 Å². The molecule has 0 spiro atoms. The first kappa shape index (κ1) is 20.5. The van der Waals surface area contributed by atoms with Gasteiger partial charge in [0.2, 0.25) is 11.8 Å². The number of nitrogens with zero attached hydrogens (tertiary/aromatic N) is 1. The van der Waals surface area contributed by atoms with Crippen LogP contribution in [0.1, 0.15) is 18.2 Å². The second-order valence-electron chi connectivity index (χ2n) is 6.01. The van der Waals surface area contributed by atoms with E-state index in [1.807, 2.05) is 0 Å². The Labute approximate surface area is 154 Å². The standard InChI is InChI=1S/C18H20F3N3O3/c1-12(24(2)11-16(25)22-10-15-7-4-8-27-15)17(26)23-14-6-3-5-13(9-14)18(19,20)21/h3-9,12H,10-11H2,1-2H3,(H,22,25)(H,23,26). The van der Waals surface area contributed by atoms with Gasteiger partial charge in [0, 0.05) is 5.69 Å². The highest BCUT2D eigenvalue weighted by Gasteiger charge is 2.30. The molecule has 2 amide bonds. The monoisotopic (exact) mass is 383 g/mol.